The number of amides is 2. The van der Waals surface area contributed by atoms with Crippen molar-refractivity contribution in [1.29, 1.82) is 0 Å². The first-order valence-corrected chi connectivity index (χ1v) is 9.31. The van der Waals surface area contributed by atoms with Crippen molar-refractivity contribution in [3.05, 3.63) is 35.4 Å². The van der Waals surface area contributed by atoms with Crippen LogP contribution in [-0.2, 0) is 9.53 Å². The molecule has 2 unspecified atom stereocenters. The molecule has 2 N–H and O–H groups in total. The molecule has 2 atom stereocenters. The number of ether oxygens (including phenoxy) is 1. The number of carbonyl (C=O) groups excluding carboxylic acids is 2. The van der Waals surface area contributed by atoms with Crippen molar-refractivity contribution in [1.82, 2.24) is 10.6 Å². The van der Waals surface area contributed by atoms with Gasteiger partial charge in [0.1, 0.15) is 0 Å². The lowest BCUT2D eigenvalue weighted by atomic mass is 9.60. The van der Waals surface area contributed by atoms with Gasteiger partial charge in [-0.2, -0.15) is 0 Å². The Bertz CT molecular complexity index is 638. The molecule has 0 bridgehead atoms. The zero-order valence-electron chi connectivity index (χ0n) is 15.1. The van der Waals surface area contributed by atoms with Gasteiger partial charge in [-0.1, -0.05) is 31.0 Å². The zero-order valence-corrected chi connectivity index (χ0v) is 15.1. The van der Waals surface area contributed by atoms with E-state index in [1.807, 2.05) is 32.0 Å². The van der Waals surface area contributed by atoms with Crippen LogP contribution in [0.4, 0.5) is 0 Å². The smallest absolute Gasteiger partial charge is 0.251 e. The van der Waals surface area contributed by atoms with Crippen LogP contribution in [0.3, 0.4) is 0 Å². The Morgan fingerprint density at radius 1 is 1.24 bits per heavy atom. The summed E-state index contributed by atoms with van der Waals surface area (Å²) >= 11 is 0. The van der Waals surface area contributed by atoms with Crippen molar-refractivity contribution in [2.24, 2.45) is 5.41 Å². The topological polar surface area (TPSA) is 67.4 Å². The van der Waals surface area contributed by atoms with Gasteiger partial charge in [-0.3, -0.25) is 9.59 Å². The summed E-state index contributed by atoms with van der Waals surface area (Å²) < 4.78 is 5.88. The van der Waals surface area contributed by atoms with Gasteiger partial charge in [0, 0.05) is 23.6 Å². The molecule has 1 aromatic carbocycles. The first-order chi connectivity index (χ1) is 12.1. The monoisotopic (exact) mass is 344 g/mol. The van der Waals surface area contributed by atoms with Gasteiger partial charge in [0.15, 0.2) is 0 Å². The van der Waals surface area contributed by atoms with Crippen molar-refractivity contribution in [2.45, 2.75) is 58.1 Å². The second-order valence-electron chi connectivity index (χ2n) is 7.24. The number of hydrogen-bond donors (Lipinski definition) is 2. The van der Waals surface area contributed by atoms with Crippen LogP contribution in [0.5, 0.6) is 0 Å². The van der Waals surface area contributed by atoms with Crippen molar-refractivity contribution >= 4 is 11.8 Å². The van der Waals surface area contributed by atoms with Crippen molar-refractivity contribution in [2.75, 3.05) is 13.2 Å². The largest absolute Gasteiger partial charge is 0.378 e. The summed E-state index contributed by atoms with van der Waals surface area (Å²) in [4.78, 5) is 24.5. The van der Waals surface area contributed by atoms with Gasteiger partial charge in [0.05, 0.1) is 12.6 Å². The van der Waals surface area contributed by atoms with E-state index in [4.69, 9.17) is 4.74 Å². The maximum Gasteiger partial charge on any atom is 0.251 e. The average molecular weight is 344 g/mol. The molecule has 136 valence electrons. The molecule has 0 aromatic heterocycles. The van der Waals surface area contributed by atoms with E-state index < -0.39 is 0 Å². The SMILES string of the molecule is CCOC1CC(NC(=O)CNC(=O)c2ccccc2C)C12CCCC2. The fourth-order valence-electron chi connectivity index (χ4n) is 4.42. The van der Waals surface area contributed by atoms with Crippen LogP contribution in [0.15, 0.2) is 24.3 Å². The third kappa shape index (κ3) is 3.56. The molecule has 3 rings (SSSR count). The molecule has 2 aliphatic carbocycles. The Morgan fingerprint density at radius 2 is 1.96 bits per heavy atom. The molecule has 0 saturated heterocycles. The molecule has 1 spiro atoms. The Labute approximate surface area is 149 Å². The van der Waals surface area contributed by atoms with E-state index in [1.165, 1.54) is 12.8 Å². The van der Waals surface area contributed by atoms with Gasteiger partial charge in [-0.15, -0.1) is 0 Å². The molecule has 25 heavy (non-hydrogen) atoms. The molecular formula is C20H28N2O3. The number of benzene rings is 1. The van der Waals surface area contributed by atoms with Crippen LogP contribution >= 0.6 is 0 Å². The molecular weight excluding hydrogens is 316 g/mol. The maximum absolute atomic E-state index is 12.3. The number of hydrogen-bond acceptors (Lipinski definition) is 3. The first-order valence-electron chi connectivity index (χ1n) is 9.31. The summed E-state index contributed by atoms with van der Waals surface area (Å²) in [7, 11) is 0. The summed E-state index contributed by atoms with van der Waals surface area (Å²) in [5, 5.41) is 5.85. The van der Waals surface area contributed by atoms with E-state index in [1.54, 1.807) is 6.07 Å². The van der Waals surface area contributed by atoms with E-state index in [0.29, 0.717) is 5.56 Å². The van der Waals surface area contributed by atoms with Gasteiger partial charge >= 0.3 is 0 Å². The molecule has 2 amide bonds. The fourth-order valence-corrected chi connectivity index (χ4v) is 4.42. The molecule has 2 fully saturated rings. The maximum atomic E-state index is 12.3. The highest BCUT2D eigenvalue weighted by Crippen LogP contribution is 2.54. The van der Waals surface area contributed by atoms with Gasteiger partial charge in [0.25, 0.3) is 5.91 Å². The fraction of sp³-hybridized carbons (Fsp3) is 0.600. The predicted molar refractivity (Wildman–Crippen MR) is 96.4 cm³/mol. The predicted octanol–water partition coefficient (Wildman–Crippen LogP) is 2.58. The van der Waals surface area contributed by atoms with Crippen LogP contribution in [0.25, 0.3) is 0 Å². The third-order valence-electron chi connectivity index (χ3n) is 5.82. The van der Waals surface area contributed by atoms with Crippen molar-refractivity contribution < 1.29 is 14.3 Å². The number of rotatable bonds is 6. The van der Waals surface area contributed by atoms with Crippen molar-refractivity contribution in [3.8, 4) is 0 Å². The van der Waals surface area contributed by atoms with E-state index >= 15 is 0 Å². The summed E-state index contributed by atoms with van der Waals surface area (Å²) in [6, 6.07) is 7.56. The first kappa shape index (κ1) is 17.9. The lowest BCUT2D eigenvalue weighted by Gasteiger charge is -2.54. The van der Waals surface area contributed by atoms with Crippen LogP contribution in [0, 0.1) is 12.3 Å². The molecule has 0 radical (unpaired) electrons. The van der Waals surface area contributed by atoms with Crippen LogP contribution in [-0.4, -0.2) is 37.1 Å². The van der Waals surface area contributed by atoms with Crippen molar-refractivity contribution in [3.63, 3.8) is 0 Å². The molecule has 5 nitrogen and oxygen atoms in total. The number of nitrogens with one attached hydrogen (secondary N) is 2. The summed E-state index contributed by atoms with van der Waals surface area (Å²) in [5.74, 6) is -0.321. The van der Waals surface area contributed by atoms with Gasteiger partial charge in [-0.05, 0) is 44.7 Å². The molecule has 0 aliphatic heterocycles. The highest BCUT2D eigenvalue weighted by atomic mass is 16.5. The molecule has 2 aliphatic rings. The Hall–Kier alpha value is -1.88. The van der Waals surface area contributed by atoms with E-state index in [0.717, 1.165) is 31.4 Å². The summed E-state index contributed by atoms with van der Waals surface area (Å²) in [5.41, 5.74) is 1.64. The number of aryl methyl sites for hydroxylation is 1. The Morgan fingerprint density at radius 3 is 2.64 bits per heavy atom. The zero-order chi connectivity index (χ0) is 17.9. The molecule has 0 heterocycles. The highest BCUT2D eigenvalue weighted by Gasteiger charge is 2.57. The number of carbonyl (C=O) groups is 2. The van der Waals surface area contributed by atoms with Gasteiger partial charge in [0.2, 0.25) is 5.91 Å². The normalized spacial score (nSPS) is 23.9. The summed E-state index contributed by atoms with van der Waals surface area (Å²) in [6.07, 6.45) is 5.81. The lowest BCUT2D eigenvalue weighted by Crippen LogP contribution is -2.64. The van der Waals surface area contributed by atoms with Gasteiger partial charge in [-0.25, -0.2) is 0 Å². The standard InChI is InChI=1S/C20H28N2O3/c1-3-25-17-12-16(20(17)10-6-7-11-20)22-18(23)13-21-19(24)15-9-5-4-8-14(15)2/h4-5,8-9,16-17H,3,6-7,10-13H2,1-2H3,(H,21,24)(H,22,23). The second kappa shape index (κ2) is 7.56. The third-order valence-corrected chi connectivity index (χ3v) is 5.82. The average Bonchev–Trinajstić information content (AvgIpc) is 3.12. The Kier molecular flexibility index (Phi) is 5.42. The van der Waals surface area contributed by atoms with Crippen LogP contribution < -0.4 is 10.6 Å². The van der Waals surface area contributed by atoms with Crippen LogP contribution in [0.1, 0.15) is 54.9 Å². The molecule has 2 saturated carbocycles. The van der Waals surface area contributed by atoms with E-state index in [2.05, 4.69) is 10.6 Å². The molecule has 5 heteroatoms. The highest BCUT2D eigenvalue weighted by molar-refractivity contribution is 5.97. The minimum absolute atomic E-state index is 0.0129. The summed E-state index contributed by atoms with van der Waals surface area (Å²) in [6.45, 7) is 4.65. The quantitative estimate of drug-likeness (QED) is 0.833. The van der Waals surface area contributed by atoms with Gasteiger partial charge < -0.3 is 15.4 Å². The van der Waals surface area contributed by atoms with E-state index in [-0.39, 0.29) is 35.9 Å². The van der Waals surface area contributed by atoms with E-state index in [9.17, 15) is 9.59 Å². The van der Waals surface area contributed by atoms with Crippen LogP contribution in [0.2, 0.25) is 0 Å². The second-order valence-corrected chi connectivity index (χ2v) is 7.24. The minimum Gasteiger partial charge on any atom is -0.378 e. The minimum atomic E-state index is -0.204. The lowest BCUT2D eigenvalue weighted by molar-refractivity contribution is -0.143. The Balaban J connectivity index is 1.51. The molecule has 1 aromatic rings.